The standard InChI is InChI=1S/C17H15F3N4O2/c18-13-1-2-14(16(20)15(13)19)22-17(26)11-7-12(9-21-8-11)24-5-3-23(10-25)4-6-24/h1-2,7-10H,3-6H2,(H,22,26). The molecule has 1 aliphatic rings. The molecular formula is C17H15F3N4O2. The zero-order valence-electron chi connectivity index (χ0n) is 13.6. The molecule has 9 heteroatoms. The summed E-state index contributed by atoms with van der Waals surface area (Å²) in [6.07, 6.45) is 3.65. The second-order valence-electron chi connectivity index (χ2n) is 5.74. The molecule has 0 saturated carbocycles. The van der Waals surface area contributed by atoms with E-state index in [4.69, 9.17) is 0 Å². The number of piperazine rings is 1. The molecule has 0 aliphatic carbocycles. The lowest BCUT2D eigenvalue weighted by Gasteiger charge is -2.34. The Balaban J connectivity index is 1.75. The zero-order chi connectivity index (χ0) is 18.7. The van der Waals surface area contributed by atoms with Crippen molar-refractivity contribution in [2.24, 2.45) is 0 Å². The number of benzene rings is 1. The van der Waals surface area contributed by atoms with Crippen LogP contribution in [0.1, 0.15) is 10.4 Å². The minimum Gasteiger partial charge on any atom is -0.367 e. The third kappa shape index (κ3) is 3.61. The van der Waals surface area contributed by atoms with Gasteiger partial charge in [-0.3, -0.25) is 14.6 Å². The molecule has 1 aliphatic heterocycles. The van der Waals surface area contributed by atoms with Crippen LogP contribution in [0, 0.1) is 17.5 Å². The van der Waals surface area contributed by atoms with Crippen LogP contribution in [-0.2, 0) is 4.79 Å². The van der Waals surface area contributed by atoms with Crippen molar-refractivity contribution in [3.63, 3.8) is 0 Å². The largest absolute Gasteiger partial charge is 0.367 e. The zero-order valence-corrected chi connectivity index (χ0v) is 13.6. The number of aromatic nitrogens is 1. The maximum absolute atomic E-state index is 13.7. The molecule has 2 heterocycles. The molecule has 2 amide bonds. The lowest BCUT2D eigenvalue weighted by molar-refractivity contribution is -0.118. The predicted octanol–water partition coefficient (Wildman–Crippen LogP) is 2.03. The van der Waals surface area contributed by atoms with E-state index in [1.165, 1.54) is 6.20 Å². The number of halogens is 3. The summed E-state index contributed by atoms with van der Waals surface area (Å²) in [7, 11) is 0. The van der Waals surface area contributed by atoms with Crippen LogP contribution in [0.25, 0.3) is 0 Å². The molecule has 1 N–H and O–H groups in total. The second-order valence-corrected chi connectivity index (χ2v) is 5.74. The van der Waals surface area contributed by atoms with Gasteiger partial charge in [0.25, 0.3) is 5.91 Å². The van der Waals surface area contributed by atoms with Crippen molar-refractivity contribution in [1.29, 1.82) is 0 Å². The molecule has 6 nitrogen and oxygen atoms in total. The highest BCUT2D eigenvalue weighted by atomic mass is 19.2. The Hall–Kier alpha value is -3.10. The number of carbonyl (C=O) groups is 2. The third-order valence-corrected chi connectivity index (χ3v) is 4.10. The molecule has 1 aromatic carbocycles. The summed E-state index contributed by atoms with van der Waals surface area (Å²) in [4.78, 5) is 30.7. The van der Waals surface area contributed by atoms with Crippen molar-refractivity contribution in [2.45, 2.75) is 0 Å². The smallest absolute Gasteiger partial charge is 0.257 e. The Morgan fingerprint density at radius 1 is 1.08 bits per heavy atom. The second kappa shape index (κ2) is 7.42. The Morgan fingerprint density at radius 2 is 1.81 bits per heavy atom. The van der Waals surface area contributed by atoms with Crippen molar-refractivity contribution >= 4 is 23.7 Å². The van der Waals surface area contributed by atoms with E-state index in [1.807, 2.05) is 4.90 Å². The van der Waals surface area contributed by atoms with Gasteiger partial charge in [0.05, 0.1) is 23.1 Å². The molecule has 1 saturated heterocycles. The number of pyridine rings is 1. The van der Waals surface area contributed by atoms with Gasteiger partial charge in [-0.25, -0.2) is 13.2 Å². The molecule has 136 valence electrons. The summed E-state index contributed by atoms with van der Waals surface area (Å²) in [6, 6.07) is 3.24. The monoisotopic (exact) mass is 364 g/mol. The predicted molar refractivity (Wildman–Crippen MR) is 88.4 cm³/mol. The minimum absolute atomic E-state index is 0.143. The number of nitrogens with zero attached hydrogens (tertiary/aromatic N) is 3. The molecule has 0 bridgehead atoms. The molecule has 3 rings (SSSR count). The highest BCUT2D eigenvalue weighted by molar-refractivity contribution is 6.04. The third-order valence-electron chi connectivity index (χ3n) is 4.10. The number of hydrogen-bond donors (Lipinski definition) is 1. The summed E-state index contributed by atoms with van der Waals surface area (Å²) in [5.41, 5.74) is 0.359. The first-order valence-electron chi connectivity index (χ1n) is 7.84. The summed E-state index contributed by atoms with van der Waals surface area (Å²) >= 11 is 0. The first-order chi connectivity index (χ1) is 12.5. The van der Waals surface area contributed by atoms with Gasteiger partial charge in [-0.15, -0.1) is 0 Å². The number of amides is 2. The number of rotatable bonds is 4. The van der Waals surface area contributed by atoms with Gasteiger partial charge in [-0.05, 0) is 18.2 Å². The van der Waals surface area contributed by atoms with Crippen molar-refractivity contribution in [2.75, 3.05) is 36.4 Å². The van der Waals surface area contributed by atoms with Gasteiger partial charge in [-0.2, -0.15) is 0 Å². The molecule has 26 heavy (non-hydrogen) atoms. The normalized spacial score (nSPS) is 14.3. The number of nitrogens with one attached hydrogen (secondary N) is 1. The molecule has 0 radical (unpaired) electrons. The van der Waals surface area contributed by atoms with E-state index in [9.17, 15) is 22.8 Å². The van der Waals surface area contributed by atoms with Crippen LogP contribution in [0.5, 0.6) is 0 Å². The summed E-state index contributed by atoms with van der Waals surface area (Å²) in [5, 5.41) is 2.21. The molecule has 0 spiro atoms. The Labute approximate surface area is 147 Å². The van der Waals surface area contributed by atoms with Crippen LogP contribution < -0.4 is 10.2 Å². The van der Waals surface area contributed by atoms with E-state index in [2.05, 4.69) is 10.3 Å². The molecular weight excluding hydrogens is 349 g/mol. The van der Waals surface area contributed by atoms with Crippen LogP contribution in [0.15, 0.2) is 30.6 Å². The first-order valence-corrected chi connectivity index (χ1v) is 7.84. The van der Waals surface area contributed by atoms with E-state index in [0.29, 0.717) is 31.9 Å². The minimum atomic E-state index is -1.65. The summed E-state index contributed by atoms with van der Waals surface area (Å²) < 4.78 is 39.9. The van der Waals surface area contributed by atoms with Gasteiger partial charge in [0, 0.05) is 32.4 Å². The highest BCUT2D eigenvalue weighted by Gasteiger charge is 2.19. The molecule has 2 aromatic rings. The van der Waals surface area contributed by atoms with E-state index < -0.39 is 29.0 Å². The quantitative estimate of drug-likeness (QED) is 0.666. The van der Waals surface area contributed by atoms with E-state index in [0.717, 1.165) is 18.5 Å². The average Bonchev–Trinajstić information content (AvgIpc) is 2.68. The fourth-order valence-corrected chi connectivity index (χ4v) is 2.63. The Morgan fingerprint density at radius 3 is 2.50 bits per heavy atom. The van der Waals surface area contributed by atoms with Gasteiger partial charge in [0.15, 0.2) is 17.5 Å². The number of hydrogen-bond acceptors (Lipinski definition) is 4. The first kappa shape index (κ1) is 17.7. The fraction of sp³-hybridized carbons (Fsp3) is 0.235. The van der Waals surface area contributed by atoms with Crippen molar-refractivity contribution < 1.29 is 22.8 Å². The van der Waals surface area contributed by atoms with Crippen LogP contribution in [0.2, 0.25) is 0 Å². The maximum atomic E-state index is 13.7. The maximum Gasteiger partial charge on any atom is 0.257 e. The Bertz CT molecular complexity index is 839. The van der Waals surface area contributed by atoms with Crippen LogP contribution in [-0.4, -0.2) is 48.4 Å². The van der Waals surface area contributed by atoms with Gasteiger partial charge >= 0.3 is 0 Å². The highest BCUT2D eigenvalue weighted by Crippen LogP contribution is 2.21. The van der Waals surface area contributed by atoms with Gasteiger partial charge in [-0.1, -0.05) is 0 Å². The average molecular weight is 364 g/mol. The molecule has 1 aromatic heterocycles. The topological polar surface area (TPSA) is 65.5 Å². The molecule has 0 unspecified atom stereocenters. The SMILES string of the molecule is O=CN1CCN(c2cncc(C(=O)Nc3ccc(F)c(F)c3F)c2)CC1. The van der Waals surface area contributed by atoms with Gasteiger partial charge in [0.1, 0.15) is 0 Å². The van der Waals surface area contributed by atoms with E-state index >= 15 is 0 Å². The Kier molecular flexibility index (Phi) is 5.06. The van der Waals surface area contributed by atoms with Crippen LogP contribution in [0.4, 0.5) is 24.5 Å². The summed E-state index contributed by atoms with van der Waals surface area (Å²) in [5.74, 6) is -5.15. The van der Waals surface area contributed by atoms with Crippen LogP contribution >= 0.6 is 0 Å². The number of carbonyl (C=O) groups excluding carboxylic acids is 2. The van der Waals surface area contributed by atoms with E-state index in [1.54, 1.807) is 17.2 Å². The number of anilines is 2. The van der Waals surface area contributed by atoms with Gasteiger partial charge in [0.2, 0.25) is 6.41 Å². The summed E-state index contributed by atoms with van der Waals surface area (Å²) in [6.45, 7) is 2.28. The lowest BCUT2D eigenvalue weighted by atomic mass is 10.2. The fourth-order valence-electron chi connectivity index (χ4n) is 2.63. The van der Waals surface area contributed by atoms with Gasteiger partial charge < -0.3 is 15.1 Å². The molecule has 0 atom stereocenters. The molecule has 1 fully saturated rings. The van der Waals surface area contributed by atoms with Crippen molar-refractivity contribution in [3.05, 3.63) is 53.6 Å². The lowest BCUT2D eigenvalue weighted by Crippen LogP contribution is -2.45. The van der Waals surface area contributed by atoms with Crippen LogP contribution in [0.3, 0.4) is 0 Å². The van der Waals surface area contributed by atoms with E-state index in [-0.39, 0.29) is 5.56 Å². The van der Waals surface area contributed by atoms with Crippen molar-refractivity contribution in [3.8, 4) is 0 Å². The van der Waals surface area contributed by atoms with Crippen molar-refractivity contribution in [1.82, 2.24) is 9.88 Å².